The second kappa shape index (κ2) is 7.44. The van der Waals surface area contributed by atoms with Crippen LogP contribution in [-0.4, -0.2) is 23.2 Å². The fourth-order valence-corrected chi connectivity index (χ4v) is 2.41. The number of nitrogens with one attached hydrogen (secondary N) is 2. The number of benzene rings is 2. The van der Waals surface area contributed by atoms with Crippen LogP contribution in [0, 0.1) is 0 Å². The Kier molecular flexibility index (Phi) is 4.89. The van der Waals surface area contributed by atoms with E-state index in [1.54, 1.807) is 0 Å². The number of aromatic amines is 1. The highest BCUT2D eigenvalue weighted by molar-refractivity contribution is 6.02. The van der Waals surface area contributed by atoms with Gasteiger partial charge in [0, 0.05) is 31.0 Å². The number of rotatable bonds is 5. The number of carbonyl (C=O) groups excluding carboxylic acids is 1. The van der Waals surface area contributed by atoms with E-state index in [1.807, 2.05) is 49.5 Å². The van der Waals surface area contributed by atoms with E-state index in [9.17, 15) is 9.59 Å². The molecule has 0 unspecified atom stereocenters. The summed E-state index contributed by atoms with van der Waals surface area (Å²) in [4.78, 5) is 25.2. The Hall–Kier alpha value is -3.41. The quantitative estimate of drug-likeness (QED) is 0.752. The van der Waals surface area contributed by atoms with E-state index in [1.165, 1.54) is 17.7 Å². The lowest BCUT2D eigenvalue weighted by atomic mass is 10.2. The molecule has 0 saturated carbocycles. The molecule has 0 atom stereocenters. The number of amides is 1. The SMILES string of the molecule is CN(Cc1ccccc1)c1ccc(NC(=O)c2ccc(=O)[nH]n2)cc1. The van der Waals surface area contributed by atoms with Crippen molar-refractivity contribution in [1.82, 2.24) is 10.2 Å². The van der Waals surface area contributed by atoms with Crippen molar-refractivity contribution in [3.63, 3.8) is 0 Å². The van der Waals surface area contributed by atoms with Crippen LogP contribution in [0.4, 0.5) is 11.4 Å². The van der Waals surface area contributed by atoms with Crippen LogP contribution in [0.1, 0.15) is 16.1 Å². The molecule has 6 heteroatoms. The van der Waals surface area contributed by atoms with Gasteiger partial charge in [-0.2, -0.15) is 5.10 Å². The normalized spacial score (nSPS) is 10.3. The molecule has 126 valence electrons. The van der Waals surface area contributed by atoms with Gasteiger partial charge in [0.05, 0.1) is 0 Å². The number of aromatic nitrogens is 2. The van der Waals surface area contributed by atoms with Gasteiger partial charge in [0.2, 0.25) is 0 Å². The Morgan fingerprint density at radius 1 is 1.04 bits per heavy atom. The summed E-state index contributed by atoms with van der Waals surface area (Å²) in [7, 11) is 2.02. The molecule has 0 fully saturated rings. The molecule has 0 bridgehead atoms. The minimum absolute atomic E-state index is 0.157. The lowest BCUT2D eigenvalue weighted by Crippen LogP contribution is -2.18. The molecule has 2 aromatic carbocycles. The number of nitrogens with zero attached hydrogens (tertiary/aromatic N) is 2. The van der Waals surface area contributed by atoms with Gasteiger partial charge in [-0.3, -0.25) is 9.59 Å². The van der Waals surface area contributed by atoms with Crippen LogP contribution in [0.15, 0.2) is 71.5 Å². The molecule has 0 saturated heterocycles. The zero-order chi connectivity index (χ0) is 17.6. The molecule has 0 aliphatic carbocycles. The van der Waals surface area contributed by atoms with Gasteiger partial charge in [-0.05, 0) is 35.9 Å². The number of hydrogen-bond donors (Lipinski definition) is 2. The summed E-state index contributed by atoms with van der Waals surface area (Å²) in [6.07, 6.45) is 0. The van der Waals surface area contributed by atoms with Crippen LogP contribution in [0.25, 0.3) is 0 Å². The lowest BCUT2D eigenvalue weighted by molar-refractivity contribution is 0.102. The highest BCUT2D eigenvalue weighted by atomic mass is 16.2. The van der Waals surface area contributed by atoms with Crippen molar-refractivity contribution < 1.29 is 4.79 Å². The summed E-state index contributed by atoms with van der Waals surface area (Å²) in [6, 6.07) is 20.4. The smallest absolute Gasteiger partial charge is 0.276 e. The standard InChI is InChI=1S/C19H18N4O2/c1-23(13-14-5-3-2-4-6-14)16-9-7-15(8-10-16)20-19(25)17-11-12-18(24)22-21-17/h2-12H,13H2,1H3,(H,20,25)(H,22,24). The van der Waals surface area contributed by atoms with Crippen LogP contribution < -0.4 is 15.8 Å². The molecule has 1 heterocycles. The van der Waals surface area contributed by atoms with Crippen molar-refractivity contribution in [3.05, 3.63) is 88.3 Å². The highest BCUT2D eigenvalue weighted by Gasteiger charge is 2.08. The van der Waals surface area contributed by atoms with E-state index in [0.717, 1.165) is 12.2 Å². The Morgan fingerprint density at radius 2 is 1.76 bits per heavy atom. The first-order valence-electron chi connectivity index (χ1n) is 7.84. The van der Waals surface area contributed by atoms with Crippen molar-refractivity contribution in [1.29, 1.82) is 0 Å². The zero-order valence-corrected chi connectivity index (χ0v) is 13.8. The lowest BCUT2D eigenvalue weighted by Gasteiger charge is -2.19. The van der Waals surface area contributed by atoms with Crippen molar-refractivity contribution >= 4 is 17.3 Å². The Bertz CT molecular complexity index is 884. The van der Waals surface area contributed by atoms with E-state index in [2.05, 4.69) is 32.5 Å². The van der Waals surface area contributed by atoms with Crippen LogP contribution in [0.2, 0.25) is 0 Å². The number of hydrogen-bond acceptors (Lipinski definition) is 4. The highest BCUT2D eigenvalue weighted by Crippen LogP contribution is 2.19. The second-order valence-corrected chi connectivity index (χ2v) is 5.65. The van der Waals surface area contributed by atoms with Crippen LogP contribution >= 0.6 is 0 Å². The number of H-pyrrole nitrogens is 1. The molecule has 1 amide bonds. The van der Waals surface area contributed by atoms with Gasteiger partial charge >= 0.3 is 0 Å². The van der Waals surface area contributed by atoms with E-state index in [-0.39, 0.29) is 17.2 Å². The third-order valence-corrected chi connectivity index (χ3v) is 3.74. The Morgan fingerprint density at radius 3 is 2.40 bits per heavy atom. The topological polar surface area (TPSA) is 78.1 Å². The average Bonchev–Trinajstić information content (AvgIpc) is 2.63. The summed E-state index contributed by atoms with van der Waals surface area (Å²) in [6.45, 7) is 0.799. The molecule has 0 radical (unpaired) electrons. The molecule has 0 spiro atoms. The first-order valence-corrected chi connectivity index (χ1v) is 7.84. The number of carbonyl (C=O) groups is 1. The summed E-state index contributed by atoms with van der Waals surface area (Å²) in [5, 5.41) is 8.70. The first kappa shape index (κ1) is 16.4. The molecule has 3 rings (SSSR count). The molecular formula is C19H18N4O2. The van der Waals surface area contributed by atoms with E-state index >= 15 is 0 Å². The van der Waals surface area contributed by atoms with Crippen molar-refractivity contribution in [3.8, 4) is 0 Å². The Balaban J connectivity index is 1.64. The maximum Gasteiger partial charge on any atom is 0.276 e. The maximum atomic E-state index is 12.1. The zero-order valence-electron chi connectivity index (χ0n) is 13.8. The number of anilines is 2. The van der Waals surface area contributed by atoms with Gasteiger partial charge in [-0.15, -0.1) is 0 Å². The predicted molar refractivity (Wildman–Crippen MR) is 97.8 cm³/mol. The summed E-state index contributed by atoms with van der Waals surface area (Å²) >= 11 is 0. The van der Waals surface area contributed by atoms with E-state index < -0.39 is 0 Å². The van der Waals surface area contributed by atoms with Gasteiger partial charge in [0.15, 0.2) is 0 Å². The average molecular weight is 334 g/mol. The van der Waals surface area contributed by atoms with Crippen molar-refractivity contribution in [2.75, 3.05) is 17.3 Å². The Labute approximate surface area is 145 Å². The summed E-state index contributed by atoms with van der Waals surface area (Å²) in [5.41, 5.74) is 2.75. The third kappa shape index (κ3) is 4.32. The minimum Gasteiger partial charge on any atom is -0.370 e. The van der Waals surface area contributed by atoms with Crippen molar-refractivity contribution in [2.45, 2.75) is 6.54 Å². The van der Waals surface area contributed by atoms with Crippen molar-refractivity contribution in [2.24, 2.45) is 0 Å². The van der Waals surface area contributed by atoms with Gasteiger partial charge in [0.1, 0.15) is 5.69 Å². The van der Waals surface area contributed by atoms with Gasteiger partial charge < -0.3 is 10.2 Å². The molecular weight excluding hydrogens is 316 g/mol. The van der Waals surface area contributed by atoms with Gasteiger partial charge in [-0.1, -0.05) is 30.3 Å². The maximum absolute atomic E-state index is 12.1. The summed E-state index contributed by atoms with van der Waals surface area (Å²) in [5.74, 6) is -0.373. The van der Waals surface area contributed by atoms with E-state index in [4.69, 9.17) is 0 Å². The summed E-state index contributed by atoms with van der Waals surface area (Å²) < 4.78 is 0. The minimum atomic E-state index is -0.373. The molecule has 2 N–H and O–H groups in total. The van der Waals surface area contributed by atoms with E-state index in [0.29, 0.717) is 5.69 Å². The van der Waals surface area contributed by atoms with Crippen LogP contribution in [0.5, 0.6) is 0 Å². The van der Waals surface area contributed by atoms with Crippen LogP contribution in [-0.2, 0) is 6.54 Å². The molecule has 0 aliphatic rings. The molecule has 25 heavy (non-hydrogen) atoms. The second-order valence-electron chi connectivity index (χ2n) is 5.65. The monoisotopic (exact) mass is 334 g/mol. The fourth-order valence-electron chi connectivity index (χ4n) is 2.41. The third-order valence-electron chi connectivity index (χ3n) is 3.74. The van der Waals surface area contributed by atoms with Crippen LogP contribution in [0.3, 0.4) is 0 Å². The van der Waals surface area contributed by atoms with Gasteiger partial charge in [0.25, 0.3) is 11.5 Å². The largest absolute Gasteiger partial charge is 0.370 e. The molecule has 1 aromatic heterocycles. The predicted octanol–water partition coefficient (Wildman–Crippen LogP) is 2.66. The fraction of sp³-hybridized carbons (Fsp3) is 0.105. The molecule has 3 aromatic rings. The van der Waals surface area contributed by atoms with Gasteiger partial charge in [-0.25, -0.2) is 5.10 Å². The molecule has 0 aliphatic heterocycles. The molecule has 6 nitrogen and oxygen atoms in total. The first-order chi connectivity index (χ1) is 12.1.